The lowest BCUT2D eigenvalue weighted by Gasteiger charge is -2.30. The minimum absolute atomic E-state index is 0.0588. The number of morpholine rings is 1. The van der Waals surface area contributed by atoms with Crippen LogP contribution in [-0.2, 0) is 9.53 Å². The number of nitriles is 1. The van der Waals surface area contributed by atoms with Crippen molar-refractivity contribution in [3.05, 3.63) is 50.7 Å². The number of ether oxygens (including phenoxy) is 1. The van der Waals surface area contributed by atoms with Crippen molar-refractivity contribution < 1.29 is 9.53 Å². The highest BCUT2D eigenvalue weighted by Gasteiger charge is 2.18. The molecule has 3 rings (SSSR count). The zero-order valence-electron chi connectivity index (χ0n) is 14.3. The molecule has 1 amide bonds. The maximum absolute atomic E-state index is 12.6. The third-order valence-electron chi connectivity index (χ3n) is 4.10. The molecule has 1 aromatic carbocycles. The number of aryl methyl sites for hydroxylation is 1. The number of halogens is 1. The molecule has 1 aliphatic rings. The van der Waals surface area contributed by atoms with Gasteiger partial charge in [0.2, 0.25) is 0 Å². The van der Waals surface area contributed by atoms with Gasteiger partial charge in [0.25, 0.3) is 5.91 Å². The SMILES string of the molecule is Cc1ccsc1/C=C(\C#N)C(=O)Nc1cc(Cl)ccc1N1CCOCC1. The van der Waals surface area contributed by atoms with Crippen molar-refractivity contribution in [2.24, 2.45) is 0 Å². The van der Waals surface area contributed by atoms with Gasteiger partial charge in [0, 0.05) is 23.0 Å². The van der Waals surface area contributed by atoms with Crippen LogP contribution in [0.25, 0.3) is 6.08 Å². The highest BCUT2D eigenvalue weighted by molar-refractivity contribution is 7.11. The molecule has 1 aromatic heterocycles. The fourth-order valence-electron chi connectivity index (χ4n) is 2.69. The predicted octanol–water partition coefficient (Wildman–Crippen LogP) is 4.09. The van der Waals surface area contributed by atoms with Gasteiger partial charge in [-0.25, -0.2) is 0 Å². The lowest BCUT2D eigenvalue weighted by atomic mass is 10.1. The van der Waals surface area contributed by atoms with E-state index in [1.54, 1.807) is 18.2 Å². The minimum atomic E-state index is -0.447. The third-order valence-corrected chi connectivity index (χ3v) is 5.30. The zero-order valence-corrected chi connectivity index (χ0v) is 15.9. The van der Waals surface area contributed by atoms with E-state index in [1.807, 2.05) is 30.5 Å². The summed E-state index contributed by atoms with van der Waals surface area (Å²) >= 11 is 7.61. The predicted molar refractivity (Wildman–Crippen MR) is 106 cm³/mol. The Labute approximate surface area is 161 Å². The van der Waals surface area contributed by atoms with E-state index < -0.39 is 5.91 Å². The summed E-state index contributed by atoms with van der Waals surface area (Å²) in [4.78, 5) is 15.7. The van der Waals surface area contributed by atoms with Crippen molar-refractivity contribution in [2.75, 3.05) is 36.5 Å². The molecule has 2 heterocycles. The van der Waals surface area contributed by atoms with Gasteiger partial charge in [-0.3, -0.25) is 4.79 Å². The number of nitrogens with one attached hydrogen (secondary N) is 1. The lowest BCUT2D eigenvalue weighted by molar-refractivity contribution is -0.112. The first-order chi connectivity index (χ1) is 12.6. The average Bonchev–Trinajstić information content (AvgIpc) is 3.05. The van der Waals surface area contributed by atoms with Crippen molar-refractivity contribution in [1.82, 2.24) is 0 Å². The summed E-state index contributed by atoms with van der Waals surface area (Å²) in [5, 5.41) is 14.7. The molecule has 1 N–H and O–H groups in total. The molecule has 5 nitrogen and oxygen atoms in total. The summed E-state index contributed by atoms with van der Waals surface area (Å²) in [5.41, 5.74) is 2.56. The maximum atomic E-state index is 12.6. The molecule has 1 saturated heterocycles. The Morgan fingerprint density at radius 1 is 1.38 bits per heavy atom. The number of hydrogen-bond acceptors (Lipinski definition) is 5. The number of carbonyl (C=O) groups is 1. The summed E-state index contributed by atoms with van der Waals surface area (Å²) in [6.45, 7) is 4.69. The number of amides is 1. The van der Waals surface area contributed by atoms with Gasteiger partial charge in [-0.15, -0.1) is 11.3 Å². The molecule has 7 heteroatoms. The average molecular weight is 388 g/mol. The molecular formula is C19H18ClN3O2S. The van der Waals surface area contributed by atoms with Crippen LogP contribution in [0.15, 0.2) is 35.2 Å². The smallest absolute Gasteiger partial charge is 0.266 e. The second kappa shape index (κ2) is 8.37. The Morgan fingerprint density at radius 3 is 2.81 bits per heavy atom. The van der Waals surface area contributed by atoms with E-state index in [2.05, 4.69) is 10.2 Å². The van der Waals surface area contributed by atoms with E-state index in [0.717, 1.165) is 29.2 Å². The number of nitrogens with zero attached hydrogens (tertiary/aromatic N) is 2. The van der Waals surface area contributed by atoms with Gasteiger partial charge in [-0.05, 0) is 48.2 Å². The van der Waals surface area contributed by atoms with E-state index in [4.69, 9.17) is 16.3 Å². The Bertz CT molecular complexity index is 879. The molecule has 0 aliphatic carbocycles. The molecule has 0 saturated carbocycles. The Balaban J connectivity index is 1.86. The molecule has 1 fully saturated rings. The van der Waals surface area contributed by atoms with E-state index in [0.29, 0.717) is 23.9 Å². The first-order valence-corrected chi connectivity index (χ1v) is 9.43. The van der Waals surface area contributed by atoms with Crippen LogP contribution in [0, 0.1) is 18.3 Å². The molecule has 0 spiro atoms. The second-order valence-corrected chi connectivity index (χ2v) is 7.24. The molecule has 0 bridgehead atoms. The van der Waals surface area contributed by atoms with Crippen molar-refractivity contribution in [2.45, 2.75) is 6.92 Å². The number of benzene rings is 1. The largest absolute Gasteiger partial charge is 0.378 e. The van der Waals surface area contributed by atoms with Crippen molar-refractivity contribution in [3.8, 4) is 6.07 Å². The normalized spacial score (nSPS) is 14.8. The van der Waals surface area contributed by atoms with E-state index in [-0.39, 0.29) is 5.57 Å². The van der Waals surface area contributed by atoms with Crippen LogP contribution in [-0.4, -0.2) is 32.2 Å². The molecule has 134 valence electrons. The number of thiophene rings is 1. The monoisotopic (exact) mass is 387 g/mol. The Hall–Kier alpha value is -2.33. The zero-order chi connectivity index (χ0) is 18.5. The second-order valence-electron chi connectivity index (χ2n) is 5.85. The highest BCUT2D eigenvalue weighted by Crippen LogP contribution is 2.30. The lowest BCUT2D eigenvalue weighted by Crippen LogP contribution is -2.36. The van der Waals surface area contributed by atoms with Crippen LogP contribution < -0.4 is 10.2 Å². The molecule has 0 atom stereocenters. The molecule has 1 aliphatic heterocycles. The van der Waals surface area contributed by atoms with E-state index >= 15 is 0 Å². The van der Waals surface area contributed by atoms with Crippen LogP contribution in [0.5, 0.6) is 0 Å². The van der Waals surface area contributed by atoms with E-state index in [9.17, 15) is 10.1 Å². The van der Waals surface area contributed by atoms with Gasteiger partial charge in [-0.1, -0.05) is 11.6 Å². The van der Waals surface area contributed by atoms with E-state index in [1.165, 1.54) is 11.3 Å². The van der Waals surface area contributed by atoms with Crippen LogP contribution in [0.4, 0.5) is 11.4 Å². The number of hydrogen-bond donors (Lipinski definition) is 1. The summed E-state index contributed by atoms with van der Waals surface area (Å²) in [5.74, 6) is -0.447. The molecule has 2 aromatic rings. The highest BCUT2D eigenvalue weighted by atomic mass is 35.5. The third kappa shape index (κ3) is 4.25. The fourth-order valence-corrected chi connectivity index (χ4v) is 3.72. The van der Waals surface area contributed by atoms with Crippen LogP contribution in [0.3, 0.4) is 0 Å². The molecule has 26 heavy (non-hydrogen) atoms. The van der Waals surface area contributed by atoms with Crippen molar-refractivity contribution in [1.29, 1.82) is 5.26 Å². The quantitative estimate of drug-likeness (QED) is 0.633. The standard InChI is InChI=1S/C19H18ClN3O2S/c1-13-4-9-26-18(13)10-14(12-21)19(24)22-16-11-15(20)2-3-17(16)23-5-7-25-8-6-23/h2-4,9-11H,5-8H2,1H3,(H,22,24)/b14-10+. The van der Waals surface area contributed by atoms with Gasteiger partial charge in [-0.2, -0.15) is 5.26 Å². The van der Waals surface area contributed by atoms with Crippen molar-refractivity contribution >= 4 is 46.3 Å². The molecular weight excluding hydrogens is 370 g/mol. The van der Waals surface area contributed by atoms with Gasteiger partial charge in [0.15, 0.2) is 0 Å². The topological polar surface area (TPSA) is 65.4 Å². The minimum Gasteiger partial charge on any atom is -0.378 e. The van der Waals surface area contributed by atoms with Crippen LogP contribution in [0.1, 0.15) is 10.4 Å². The van der Waals surface area contributed by atoms with Crippen molar-refractivity contribution in [3.63, 3.8) is 0 Å². The molecule has 0 unspecified atom stereocenters. The fraction of sp³-hybridized carbons (Fsp3) is 0.263. The van der Waals surface area contributed by atoms with Gasteiger partial charge >= 0.3 is 0 Å². The summed E-state index contributed by atoms with van der Waals surface area (Å²) in [6.07, 6.45) is 1.62. The summed E-state index contributed by atoms with van der Waals surface area (Å²) < 4.78 is 5.39. The van der Waals surface area contributed by atoms with Crippen LogP contribution >= 0.6 is 22.9 Å². The number of rotatable bonds is 4. The summed E-state index contributed by atoms with van der Waals surface area (Å²) in [6, 6.07) is 9.32. The maximum Gasteiger partial charge on any atom is 0.266 e. The van der Waals surface area contributed by atoms with Gasteiger partial charge in [0.05, 0.1) is 24.6 Å². The van der Waals surface area contributed by atoms with Gasteiger partial charge in [0.1, 0.15) is 11.6 Å². The molecule has 0 radical (unpaired) electrons. The Morgan fingerprint density at radius 2 is 2.15 bits per heavy atom. The first-order valence-electron chi connectivity index (χ1n) is 8.18. The van der Waals surface area contributed by atoms with Gasteiger partial charge < -0.3 is 15.0 Å². The number of anilines is 2. The van der Waals surface area contributed by atoms with Crippen LogP contribution in [0.2, 0.25) is 5.02 Å². The summed E-state index contributed by atoms with van der Waals surface area (Å²) in [7, 11) is 0. The number of carbonyl (C=O) groups excluding carboxylic acids is 1. The Kier molecular flexibility index (Phi) is 5.94. The first kappa shape index (κ1) is 18.5.